The first-order valence-electron chi connectivity index (χ1n) is 8.63. The van der Waals surface area contributed by atoms with Crippen LogP contribution in [0.4, 0.5) is 0 Å². The summed E-state index contributed by atoms with van der Waals surface area (Å²) in [7, 11) is 1.89. The summed E-state index contributed by atoms with van der Waals surface area (Å²) in [5, 5.41) is 3.24. The second-order valence-electron chi connectivity index (χ2n) is 6.28. The van der Waals surface area contributed by atoms with Crippen molar-refractivity contribution in [2.24, 2.45) is 7.05 Å². The Kier molecular flexibility index (Phi) is 5.85. The minimum Gasteiger partial charge on any atom is -0.353 e. The third kappa shape index (κ3) is 4.00. The van der Waals surface area contributed by atoms with Gasteiger partial charge in [-0.05, 0) is 42.7 Å². The summed E-state index contributed by atoms with van der Waals surface area (Å²) < 4.78 is 2.95. The van der Waals surface area contributed by atoms with Gasteiger partial charge in [0.15, 0.2) is 0 Å². The molecule has 3 rings (SSSR count). The number of nitrogens with zero attached hydrogens (tertiary/aromatic N) is 2. The zero-order valence-electron chi connectivity index (χ0n) is 15.3. The molecular formula is C19H22N4O3S. The van der Waals surface area contributed by atoms with Crippen LogP contribution in [-0.2, 0) is 18.4 Å². The Bertz CT molecular complexity index is 1070. The summed E-state index contributed by atoms with van der Waals surface area (Å²) in [5.74, 6) is 0.314. The number of benzene rings is 1. The Morgan fingerprint density at radius 2 is 2.00 bits per heavy atom. The van der Waals surface area contributed by atoms with Crippen LogP contribution in [0.3, 0.4) is 0 Å². The van der Waals surface area contributed by atoms with E-state index < -0.39 is 17.3 Å². The molecule has 1 aromatic carbocycles. The lowest BCUT2D eigenvalue weighted by Crippen LogP contribution is -2.44. The number of hydrogen-bond acceptors (Lipinski definition) is 4. The third-order valence-electron chi connectivity index (χ3n) is 4.54. The standard InChI is InChI=1S/C19H22N4O3S/c1-22-10-5-6-13(22)12-20-17(24)16(9-11-27-2)23-18(25)14-7-3-4-8-15(14)21-19(23)26/h3-8,10,16H,9,11-12H2,1-2H3,(H,20,24)(H,21,26). The van der Waals surface area contributed by atoms with Gasteiger partial charge in [0, 0.05) is 18.9 Å². The van der Waals surface area contributed by atoms with Crippen molar-refractivity contribution in [3.8, 4) is 0 Å². The zero-order chi connectivity index (χ0) is 19.4. The highest BCUT2D eigenvalue weighted by Gasteiger charge is 2.24. The molecule has 0 bridgehead atoms. The number of carbonyl (C=O) groups is 1. The summed E-state index contributed by atoms with van der Waals surface area (Å²) in [5.41, 5.74) is 0.386. The van der Waals surface area contributed by atoms with Crippen molar-refractivity contribution in [2.75, 3.05) is 12.0 Å². The summed E-state index contributed by atoms with van der Waals surface area (Å²) >= 11 is 1.56. The summed E-state index contributed by atoms with van der Waals surface area (Å²) in [6.45, 7) is 0.332. The molecule has 142 valence electrons. The van der Waals surface area contributed by atoms with E-state index in [0.29, 0.717) is 29.6 Å². The maximum absolute atomic E-state index is 12.9. The van der Waals surface area contributed by atoms with Crippen LogP contribution in [0.2, 0.25) is 0 Å². The van der Waals surface area contributed by atoms with Gasteiger partial charge in [-0.2, -0.15) is 11.8 Å². The number of aromatic amines is 1. The van der Waals surface area contributed by atoms with Crippen LogP contribution in [0.5, 0.6) is 0 Å². The lowest BCUT2D eigenvalue weighted by Gasteiger charge is -2.19. The highest BCUT2D eigenvalue weighted by molar-refractivity contribution is 7.98. The van der Waals surface area contributed by atoms with Gasteiger partial charge in [-0.15, -0.1) is 0 Å². The van der Waals surface area contributed by atoms with Crippen LogP contribution >= 0.6 is 11.8 Å². The van der Waals surface area contributed by atoms with E-state index in [4.69, 9.17) is 0 Å². The largest absolute Gasteiger partial charge is 0.353 e. The highest BCUT2D eigenvalue weighted by atomic mass is 32.2. The van der Waals surface area contributed by atoms with Gasteiger partial charge in [-0.25, -0.2) is 9.36 Å². The van der Waals surface area contributed by atoms with Crippen LogP contribution in [-0.4, -0.2) is 32.0 Å². The molecule has 2 N–H and O–H groups in total. The lowest BCUT2D eigenvalue weighted by molar-refractivity contribution is -0.124. The molecule has 0 radical (unpaired) electrons. The number of hydrogen-bond donors (Lipinski definition) is 2. The predicted octanol–water partition coefficient (Wildman–Crippen LogP) is 1.64. The monoisotopic (exact) mass is 386 g/mol. The van der Waals surface area contributed by atoms with Crippen LogP contribution in [0.1, 0.15) is 18.2 Å². The topological polar surface area (TPSA) is 88.9 Å². The Labute approximate surface area is 160 Å². The second kappa shape index (κ2) is 8.30. The van der Waals surface area contributed by atoms with E-state index in [1.807, 2.05) is 36.2 Å². The summed E-state index contributed by atoms with van der Waals surface area (Å²) in [4.78, 5) is 41.0. The molecule has 0 saturated heterocycles. The second-order valence-corrected chi connectivity index (χ2v) is 7.26. The van der Waals surface area contributed by atoms with E-state index in [2.05, 4.69) is 10.3 Å². The van der Waals surface area contributed by atoms with Gasteiger partial charge in [0.2, 0.25) is 5.91 Å². The van der Waals surface area contributed by atoms with Crippen LogP contribution in [0, 0.1) is 0 Å². The highest BCUT2D eigenvalue weighted by Crippen LogP contribution is 2.13. The van der Waals surface area contributed by atoms with E-state index in [0.717, 1.165) is 10.3 Å². The van der Waals surface area contributed by atoms with Crippen molar-refractivity contribution >= 4 is 28.6 Å². The number of H-pyrrole nitrogens is 1. The van der Waals surface area contributed by atoms with Crippen LogP contribution in [0.25, 0.3) is 10.9 Å². The first-order valence-corrected chi connectivity index (χ1v) is 10.0. The molecule has 0 aliphatic heterocycles. The normalized spacial score (nSPS) is 12.2. The number of aromatic nitrogens is 3. The molecule has 0 spiro atoms. The minimum atomic E-state index is -0.862. The number of para-hydroxylation sites is 1. The van der Waals surface area contributed by atoms with Crippen molar-refractivity contribution in [1.29, 1.82) is 0 Å². The predicted molar refractivity (Wildman–Crippen MR) is 108 cm³/mol. The fourth-order valence-electron chi connectivity index (χ4n) is 3.04. The number of thioether (sulfide) groups is 1. The van der Waals surface area contributed by atoms with Crippen molar-refractivity contribution in [3.63, 3.8) is 0 Å². The van der Waals surface area contributed by atoms with Gasteiger partial charge in [0.05, 0.1) is 17.4 Å². The number of aryl methyl sites for hydroxylation is 1. The molecule has 3 aromatic rings. The summed E-state index contributed by atoms with van der Waals surface area (Å²) in [6.07, 6.45) is 4.21. The van der Waals surface area contributed by atoms with Gasteiger partial charge in [0.1, 0.15) is 6.04 Å². The molecule has 0 fully saturated rings. The lowest BCUT2D eigenvalue weighted by atomic mass is 10.2. The fraction of sp³-hybridized carbons (Fsp3) is 0.316. The quantitative estimate of drug-likeness (QED) is 0.646. The Hall–Kier alpha value is -2.74. The smallest absolute Gasteiger partial charge is 0.329 e. The average molecular weight is 386 g/mol. The molecule has 1 unspecified atom stereocenters. The van der Waals surface area contributed by atoms with E-state index >= 15 is 0 Å². The van der Waals surface area contributed by atoms with Crippen molar-refractivity contribution in [2.45, 2.75) is 19.0 Å². The van der Waals surface area contributed by atoms with Gasteiger partial charge >= 0.3 is 5.69 Å². The molecule has 8 heteroatoms. The molecule has 2 aromatic heterocycles. The minimum absolute atomic E-state index is 0.332. The molecule has 0 saturated carbocycles. The average Bonchev–Trinajstić information content (AvgIpc) is 3.07. The molecular weight excluding hydrogens is 364 g/mol. The van der Waals surface area contributed by atoms with Crippen molar-refractivity contribution in [1.82, 2.24) is 19.4 Å². The van der Waals surface area contributed by atoms with Crippen molar-refractivity contribution in [3.05, 3.63) is 69.1 Å². The number of nitrogens with one attached hydrogen (secondary N) is 2. The van der Waals surface area contributed by atoms with E-state index in [-0.39, 0.29) is 5.91 Å². The number of amides is 1. The first kappa shape index (κ1) is 19.0. The Morgan fingerprint density at radius 1 is 1.22 bits per heavy atom. The van der Waals surface area contributed by atoms with Gasteiger partial charge in [-0.3, -0.25) is 9.59 Å². The number of carbonyl (C=O) groups excluding carboxylic acids is 1. The zero-order valence-corrected chi connectivity index (χ0v) is 16.1. The summed E-state index contributed by atoms with van der Waals surface area (Å²) in [6, 6.07) is 9.75. The molecule has 27 heavy (non-hydrogen) atoms. The Morgan fingerprint density at radius 3 is 2.70 bits per heavy atom. The molecule has 7 nitrogen and oxygen atoms in total. The molecule has 2 heterocycles. The van der Waals surface area contributed by atoms with E-state index in [1.165, 1.54) is 0 Å². The first-order chi connectivity index (χ1) is 13.0. The van der Waals surface area contributed by atoms with Crippen molar-refractivity contribution < 1.29 is 4.79 Å². The molecule has 1 atom stereocenters. The fourth-order valence-corrected chi connectivity index (χ4v) is 3.50. The molecule has 0 aliphatic rings. The third-order valence-corrected chi connectivity index (χ3v) is 5.19. The number of rotatable bonds is 7. The van der Waals surface area contributed by atoms with E-state index in [9.17, 15) is 14.4 Å². The van der Waals surface area contributed by atoms with Gasteiger partial charge in [-0.1, -0.05) is 12.1 Å². The van der Waals surface area contributed by atoms with Crippen LogP contribution < -0.4 is 16.6 Å². The maximum Gasteiger partial charge on any atom is 0.329 e. The Balaban J connectivity index is 1.96. The molecule has 0 aliphatic carbocycles. The van der Waals surface area contributed by atoms with E-state index in [1.54, 1.807) is 36.0 Å². The SMILES string of the molecule is CSCCC(C(=O)NCc1cccn1C)n1c(=O)[nH]c2ccccc2c1=O. The van der Waals surface area contributed by atoms with Gasteiger partial charge in [0.25, 0.3) is 5.56 Å². The number of fused-ring (bicyclic) bond motifs is 1. The van der Waals surface area contributed by atoms with Crippen LogP contribution in [0.15, 0.2) is 52.2 Å². The van der Waals surface area contributed by atoms with Gasteiger partial charge < -0.3 is 14.9 Å². The maximum atomic E-state index is 12.9. The molecule has 1 amide bonds.